The van der Waals surface area contributed by atoms with Gasteiger partial charge in [0.1, 0.15) is 0 Å². The molecule has 0 atom stereocenters. The fourth-order valence-corrected chi connectivity index (χ4v) is 3.74. The minimum Gasteiger partial charge on any atom is -0.465 e. The molecule has 0 saturated heterocycles. The third kappa shape index (κ3) is 4.21. The number of ether oxygens (including phenoxy) is 1. The first-order chi connectivity index (χ1) is 11.3. The van der Waals surface area contributed by atoms with Crippen LogP contribution in [0.3, 0.4) is 0 Å². The van der Waals surface area contributed by atoms with E-state index in [1.807, 2.05) is 31.2 Å². The molecule has 0 spiro atoms. The van der Waals surface area contributed by atoms with Crippen molar-refractivity contribution in [2.24, 2.45) is 0 Å². The highest BCUT2D eigenvalue weighted by Gasteiger charge is 2.18. The van der Waals surface area contributed by atoms with E-state index in [4.69, 9.17) is 0 Å². The minimum absolute atomic E-state index is 0.167. The quantitative estimate of drug-likeness (QED) is 0.815. The number of rotatable bonds is 6. The molecule has 0 saturated carbocycles. The topological polar surface area (TPSA) is 72.5 Å². The van der Waals surface area contributed by atoms with Gasteiger partial charge in [-0.05, 0) is 55.2 Å². The first-order valence-corrected chi connectivity index (χ1v) is 9.06. The van der Waals surface area contributed by atoms with Crippen molar-refractivity contribution >= 4 is 16.0 Å². The Morgan fingerprint density at radius 3 is 2.42 bits per heavy atom. The lowest BCUT2D eigenvalue weighted by atomic mass is 10.1. The van der Waals surface area contributed by atoms with Gasteiger partial charge in [0.15, 0.2) is 0 Å². The van der Waals surface area contributed by atoms with Gasteiger partial charge in [0.25, 0.3) is 0 Å². The largest absolute Gasteiger partial charge is 0.465 e. The summed E-state index contributed by atoms with van der Waals surface area (Å²) in [4.78, 5) is 11.7. The predicted octanol–water partition coefficient (Wildman–Crippen LogP) is 2.61. The van der Waals surface area contributed by atoms with Crippen LogP contribution in [-0.2, 0) is 21.2 Å². The molecule has 0 radical (unpaired) electrons. The van der Waals surface area contributed by atoms with E-state index in [0.717, 1.165) is 11.1 Å². The van der Waals surface area contributed by atoms with E-state index >= 15 is 0 Å². The van der Waals surface area contributed by atoms with E-state index in [1.54, 1.807) is 6.92 Å². The number of carbonyl (C=O) groups excluding carboxylic acids is 1. The molecular weight excluding hydrogens is 326 g/mol. The Kier molecular flexibility index (Phi) is 5.75. The second-order valence-corrected chi connectivity index (χ2v) is 7.28. The van der Waals surface area contributed by atoms with E-state index in [2.05, 4.69) is 9.46 Å². The summed E-state index contributed by atoms with van der Waals surface area (Å²) >= 11 is 0. The number of sulfonamides is 1. The number of methoxy groups -OCH3 is 1. The van der Waals surface area contributed by atoms with Crippen LogP contribution in [0.25, 0.3) is 0 Å². The van der Waals surface area contributed by atoms with Gasteiger partial charge in [-0.15, -0.1) is 0 Å². The summed E-state index contributed by atoms with van der Waals surface area (Å²) in [5.74, 6) is -0.491. The minimum atomic E-state index is -3.63. The maximum absolute atomic E-state index is 12.5. The molecule has 0 unspecified atom stereocenters. The molecule has 128 valence electrons. The molecule has 0 bridgehead atoms. The molecule has 0 aliphatic heterocycles. The van der Waals surface area contributed by atoms with Crippen molar-refractivity contribution in [3.8, 4) is 0 Å². The summed E-state index contributed by atoms with van der Waals surface area (Å²) in [6.45, 7) is 3.97. The Labute approximate surface area is 142 Å². The molecule has 0 aliphatic carbocycles. The highest BCUT2D eigenvalue weighted by molar-refractivity contribution is 7.89. The molecule has 6 heteroatoms. The Bertz CT molecular complexity index is 844. The van der Waals surface area contributed by atoms with Crippen LogP contribution in [0.1, 0.15) is 27.0 Å². The van der Waals surface area contributed by atoms with Gasteiger partial charge in [-0.1, -0.05) is 24.3 Å². The van der Waals surface area contributed by atoms with Crippen LogP contribution in [0.5, 0.6) is 0 Å². The molecule has 2 rings (SSSR count). The van der Waals surface area contributed by atoms with Crippen molar-refractivity contribution < 1.29 is 17.9 Å². The lowest BCUT2D eigenvalue weighted by molar-refractivity contribution is 0.0600. The number of esters is 1. The van der Waals surface area contributed by atoms with Crippen molar-refractivity contribution in [1.29, 1.82) is 0 Å². The van der Waals surface area contributed by atoms with E-state index in [0.29, 0.717) is 24.1 Å². The molecule has 1 N–H and O–H groups in total. The second-order valence-electron chi connectivity index (χ2n) is 5.55. The maximum atomic E-state index is 12.5. The van der Waals surface area contributed by atoms with Crippen LogP contribution in [0.4, 0.5) is 0 Å². The van der Waals surface area contributed by atoms with E-state index in [-0.39, 0.29) is 4.90 Å². The molecule has 5 nitrogen and oxygen atoms in total. The average molecular weight is 347 g/mol. The lowest BCUT2D eigenvalue weighted by Gasteiger charge is -2.11. The molecule has 2 aromatic rings. The van der Waals surface area contributed by atoms with Crippen LogP contribution < -0.4 is 4.72 Å². The molecule has 2 aromatic carbocycles. The molecule has 0 aromatic heterocycles. The van der Waals surface area contributed by atoms with Crippen LogP contribution in [-0.4, -0.2) is 28.0 Å². The summed E-state index contributed by atoms with van der Waals surface area (Å²) < 4.78 is 32.2. The second kappa shape index (κ2) is 7.59. The van der Waals surface area contributed by atoms with Crippen LogP contribution in [0.15, 0.2) is 47.4 Å². The Balaban J connectivity index is 2.10. The van der Waals surface area contributed by atoms with E-state index < -0.39 is 16.0 Å². The average Bonchev–Trinajstić information content (AvgIpc) is 2.55. The third-order valence-electron chi connectivity index (χ3n) is 3.83. The number of nitrogens with one attached hydrogen (secondary N) is 1. The zero-order valence-electron chi connectivity index (χ0n) is 14.0. The number of hydrogen-bond acceptors (Lipinski definition) is 4. The Hall–Kier alpha value is -2.18. The predicted molar refractivity (Wildman–Crippen MR) is 92.6 cm³/mol. The van der Waals surface area contributed by atoms with Gasteiger partial charge in [0.05, 0.1) is 17.6 Å². The summed E-state index contributed by atoms with van der Waals surface area (Å²) in [6.07, 6.45) is 0.616. The highest BCUT2D eigenvalue weighted by atomic mass is 32.2. The summed E-state index contributed by atoms with van der Waals surface area (Å²) in [6, 6.07) is 12.3. The summed E-state index contributed by atoms with van der Waals surface area (Å²) in [5, 5.41) is 0. The van der Waals surface area contributed by atoms with Crippen molar-refractivity contribution in [2.75, 3.05) is 13.7 Å². The maximum Gasteiger partial charge on any atom is 0.337 e. The molecular formula is C18H21NO4S. The zero-order chi connectivity index (χ0) is 17.7. The third-order valence-corrected chi connectivity index (χ3v) is 5.45. The Morgan fingerprint density at radius 1 is 1.08 bits per heavy atom. The fraction of sp³-hybridized carbons (Fsp3) is 0.278. The first-order valence-electron chi connectivity index (χ1n) is 7.58. The van der Waals surface area contributed by atoms with Crippen LogP contribution in [0.2, 0.25) is 0 Å². The van der Waals surface area contributed by atoms with Gasteiger partial charge in [-0.3, -0.25) is 0 Å². The van der Waals surface area contributed by atoms with E-state index in [1.165, 1.54) is 25.3 Å². The highest BCUT2D eigenvalue weighted by Crippen LogP contribution is 2.17. The fourth-order valence-electron chi connectivity index (χ4n) is 2.48. The molecule has 0 amide bonds. The standard InChI is InChI=1S/C18H21NO4S/c1-13-6-4-5-7-15(13)10-11-19-24(21,22)17-9-8-16(12-14(17)2)18(20)23-3/h4-9,12,19H,10-11H2,1-3H3. The molecule has 0 aliphatic rings. The number of aryl methyl sites for hydroxylation is 2. The first kappa shape index (κ1) is 18.2. The van der Waals surface area contributed by atoms with Gasteiger partial charge in [-0.25, -0.2) is 17.9 Å². The molecule has 24 heavy (non-hydrogen) atoms. The summed E-state index contributed by atoms with van der Waals surface area (Å²) in [5.41, 5.74) is 3.07. The normalized spacial score (nSPS) is 11.3. The Morgan fingerprint density at radius 2 is 1.79 bits per heavy atom. The van der Waals surface area contributed by atoms with Gasteiger partial charge in [-0.2, -0.15) is 0 Å². The van der Waals surface area contributed by atoms with Gasteiger partial charge < -0.3 is 4.74 Å². The van der Waals surface area contributed by atoms with Gasteiger partial charge >= 0.3 is 5.97 Å². The molecule has 0 fully saturated rings. The van der Waals surface area contributed by atoms with E-state index in [9.17, 15) is 13.2 Å². The summed E-state index contributed by atoms with van der Waals surface area (Å²) in [7, 11) is -2.34. The van der Waals surface area contributed by atoms with Crippen molar-refractivity contribution in [1.82, 2.24) is 4.72 Å². The number of hydrogen-bond donors (Lipinski definition) is 1. The monoisotopic (exact) mass is 347 g/mol. The van der Waals surface area contributed by atoms with Gasteiger partial charge in [0, 0.05) is 6.54 Å². The van der Waals surface area contributed by atoms with Crippen molar-refractivity contribution in [2.45, 2.75) is 25.2 Å². The SMILES string of the molecule is COC(=O)c1ccc(S(=O)(=O)NCCc2ccccc2C)c(C)c1. The van der Waals surface area contributed by atoms with Crippen LogP contribution >= 0.6 is 0 Å². The zero-order valence-corrected chi connectivity index (χ0v) is 14.8. The van der Waals surface area contributed by atoms with Crippen LogP contribution in [0, 0.1) is 13.8 Å². The molecule has 0 heterocycles. The number of carbonyl (C=O) groups is 1. The van der Waals surface area contributed by atoms with Crippen molar-refractivity contribution in [3.63, 3.8) is 0 Å². The lowest BCUT2D eigenvalue weighted by Crippen LogP contribution is -2.27. The number of benzene rings is 2. The van der Waals surface area contributed by atoms with Gasteiger partial charge in [0.2, 0.25) is 10.0 Å². The smallest absolute Gasteiger partial charge is 0.337 e. The van der Waals surface area contributed by atoms with Crippen molar-refractivity contribution in [3.05, 3.63) is 64.7 Å².